The number of aryl methyl sites for hydroxylation is 2. The number of carbonyl (C=O) groups is 1. The van der Waals surface area contributed by atoms with Crippen LogP contribution < -0.4 is 4.72 Å². The van der Waals surface area contributed by atoms with E-state index in [-0.39, 0.29) is 16.5 Å². The average molecular weight is 399 g/mol. The Hall–Kier alpha value is -2.87. The van der Waals surface area contributed by atoms with E-state index in [0.29, 0.717) is 29.7 Å². The van der Waals surface area contributed by atoms with Crippen LogP contribution in [0.25, 0.3) is 11.0 Å². The molecule has 1 aromatic heterocycles. The van der Waals surface area contributed by atoms with Crippen LogP contribution in [0.15, 0.2) is 45.8 Å². The lowest BCUT2D eigenvalue weighted by molar-refractivity contribution is 0.0784. The van der Waals surface area contributed by atoms with Gasteiger partial charge in [0.05, 0.1) is 10.3 Å². The minimum Gasteiger partial charge on any atom is -0.355 e. The van der Waals surface area contributed by atoms with Gasteiger partial charge >= 0.3 is 0 Å². The number of sulfonamides is 1. The van der Waals surface area contributed by atoms with Gasteiger partial charge in [-0.1, -0.05) is 11.2 Å². The van der Waals surface area contributed by atoms with Crippen molar-refractivity contribution in [1.29, 1.82) is 0 Å². The molecule has 8 heteroatoms. The molecule has 1 saturated heterocycles. The van der Waals surface area contributed by atoms with Crippen LogP contribution in [0, 0.1) is 13.8 Å². The Morgan fingerprint density at radius 3 is 2.43 bits per heavy atom. The van der Waals surface area contributed by atoms with Crippen LogP contribution in [0.4, 0.5) is 5.69 Å². The summed E-state index contributed by atoms with van der Waals surface area (Å²) in [7, 11) is -3.82. The molecule has 1 amide bonds. The van der Waals surface area contributed by atoms with Gasteiger partial charge < -0.3 is 9.42 Å². The predicted molar refractivity (Wildman–Crippen MR) is 106 cm³/mol. The number of nitrogens with zero attached hydrogens (tertiary/aromatic N) is 2. The summed E-state index contributed by atoms with van der Waals surface area (Å²) in [6.45, 7) is 5.17. The van der Waals surface area contributed by atoms with Crippen molar-refractivity contribution in [3.63, 3.8) is 0 Å². The number of anilines is 1. The Morgan fingerprint density at radius 2 is 1.75 bits per heavy atom. The van der Waals surface area contributed by atoms with Gasteiger partial charge in [0, 0.05) is 18.8 Å². The second-order valence-corrected chi connectivity index (χ2v) is 8.85. The molecule has 0 radical (unpaired) electrons. The first-order chi connectivity index (χ1) is 13.3. The van der Waals surface area contributed by atoms with Gasteiger partial charge in [-0.25, -0.2) is 8.42 Å². The summed E-state index contributed by atoms with van der Waals surface area (Å²) in [5.41, 5.74) is 2.96. The van der Waals surface area contributed by atoms with Crippen LogP contribution in [-0.4, -0.2) is 37.5 Å². The van der Waals surface area contributed by atoms with Crippen molar-refractivity contribution in [2.24, 2.45) is 0 Å². The summed E-state index contributed by atoms with van der Waals surface area (Å²) in [5.74, 6) is -0.229. The number of amides is 1. The van der Waals surface area contributed by atoms with Gasteiger partial charge in [0.2, 0.25) is 0 Å². The zero-order chi connectivity index (χ0) is 19.9. The second-order valence-electron chi connectivity index (χ2n) is 7.17. The Balaban J connectivity index is 1.70. The molecule has 2 heterocycles. The SMILES string of the molecule is Cc1cc(C)cc(NS(=O)(=O)c2ccc3onc(C(=O)N4CCCC4)c3c2)c1. The highest BCUT2D eigenvalue weighted by atomic mass is 32.2. The molecule has 146 valence electrons. The molecule has 1 aliphatic rings. The van der Waals surface area contributed by atoms with Crippen LogP contribution in [0.2, 0.25) is 0 Å². The molecule has 2 aromatic carbocycles. The van der Waals surface area contributed by atoms with Gasteiger partial charge in [-0.15, -0.1) is 0 Å². The van der Waals surface area contributed by atoms with E-state index in [2.05, 4.69) is 9.88 Å². The van der Waals surface area contributed by atoms with Gasteiger partial charge in [-0.2, -0.15) is 0 Å². The zero-order valence-corrected chi connectivity index (χ0v) is 16.5. The first kappa shape index (κ1) is 18.5. The summed E-state index contributed by atoms with van der Waals surface area (Å²) >= 11 is 0. The molecule has 1 aliphatic heterocycles. The predicted octanol–water partition coefficient (Wildman–Crippen LogP) is 3.48. The van der Waals surface area contributed by atoms with E-state index in [9.17, 15) is 13.2 Å². The normalized spacial score (nSPS) is 14.6. The summed E-state index contributed by atoms with van der Waals surface area (Å²) in [4.78, 5) is 14.5. The molecule has 0 saturated carbocycles. The molecular weight excluding hydrogens is 378 g/mol. The fourth-order valence-electron chi connectivity index (χ4n) is 3.56. The second kappa shape index (κ2) is 6.94. The number of nitrogens with one attached hydrogen (secondary N) is 1. The number of aromatic nitrogens is 1. The lowest BCUT2D eigenvalue weighted by Gasteiger charge is -2.13. The Kier molecular flexibility index (Phi) is 4.58. The minimum absolute atomic E-state index is 0.0535. The smallest absolute Gasteiger partial charge is 0.276 e. The fourth-order valence-corrected chi connectivity index (χ4v) is 4.62. The summed E-state index contributed by atoms with van der Waals surface area (Å²) in [6.07, 6.45) is 1.92. The van der Waals surface area contributed by atoms with Crippen molar-refractivity contribution < 1.29 is 17.7 Å². The third-order valence-corrected chi connectivity index (χ3v) is 6.20. The highest BCUT2D eigenvalue weighted by molar-refractivity contribution is 7.92. The maximum Gasteiger partial charge on any atom is 0.276 e. The maximum absolute atomic E-state index is 12.9. The highest BCUT2D eigenvalue weighted by Gasteiger charge is 2.26. The van der Waals surface area contributed by atoms with Crippen molar-refractivity contribution in [3.8, 4) is 0 Å². The molecule has 0 unspecified atom stereocenters. The Bertz CT molecular complexity index is 1140. The zero-order valence-electron chi connectivity index (χ0n) is 15.7. The van der Waals surface area contributed by atoms with Crippen molar-refractivity contribution in [2.75, 3.05) is 17.8 Å². The molecule has 1 fully saturated rings. The van der Waals surface area contributed by atoms with Crippen molar-refractivity contribution >= 4 is 32.6 Å². The molecule has 28 heavy (non-hydrogen) atoms. The van der Waals surface area contributed by atoms with E-state index in [1.54, 1.807) is 17.0 Å². The molecule has 0 atom stereocenters. The molecule has 0 bridgehead atoms. The number of hydrogen-bond acceptors (Lipinski definition) is 5. The van der Waals surface area contributed by atoms with E-state index in [1.807, 2.05) is 19.9 Å². The van der Waals surface area contributed by atoms with Gasteiger partial charge in [0.15, 0.2) is 11.3 Å². The third kappa shape index (κ3) is 3.47. The van der Waals surface area contributed by atoms with Gasteiger partial charge in [0.1, 0.15) is 0 Å². The van der Waals surface area contributed by atoms with Crippen molar-refractivity contribution in [1.82, 2.24) is 10.1 Å². The molecule has 4 rings (SSSR count). The number of benzene rings is 2. The summed E-state index contributed by atoms with van der Waals surface area (Å²) in [6, 6.07) is 9.93. The topological polar surface area (TPSA) is 92.5 Å². The number of hydrogen-bond donors (Lipinski definition) is 1. The minimum atomic E-state index is -3.82. The third-order valence-electron chi connectivity index (χ3n) is 4.82. The molecule has 7 nitrogen and oxygen atoms in total. The van der Waals surface area contributed by atoms with Gasteiger partial charge in [-0.05, 0) is 68.1 Å². The largest absolute Gasteiger partial charge is 0.355 e. The van der Waals surface area contributed by atoms with Crippen LogP contribution in [0.5, 0.6) is 0 Å². The van der Waals surface area contributed by atoms with Gasteiger partial charge in [0.25, 0.3) is 15.9 Å². The summed E-state index contributed by atoms with van der Waals surface area (Å²) in [5, 5.41) is 4.29. The number of carbonyl (C=O) groups excluding carboxylic acids is 1. The molecule has 0 spiro atoms. The van der Waals surface area contributed by atoms with Crippen LogP contribution in [0.1, 0.15) is 34.5 Å². The molecule has 1 N–H and O–H groups in total. The van der Waals surface area contributed by atoms with Crippen LogP contribution in [0.3, 0.4) is 0 Å². The van der Waals surface area contributed by atoms with E-state index in [1.165, 1.54) is 18.2 Å². The number of rotatable bonds is 4. The first-order valence-electron chi connectivity index (χ1n) is 9.13. The average Bonchev–Trinajstić information content (AvgIpc) is 3.29. The maximum atomic E-state index is 12.9. The summed E-state index contributed by atoms with van der Waals surface area (Å²) < 4.78 is 33.6. The Morgan fingerprint density at radius 1 is 1.07 bits per heavy atom. The van der Waals surface area contributed by atoms with E-state index in [4.69, 9.17) is 4.52 Å². The Labute approximate surface area is 163 Å². The van der Waals surface area contributed by atoms with Crippen molar-refractivity contribution in [3.05, 3.63) is 53.2 Å². The highest BCUT2D eigenvalue weighted by Crippen LogP contribution is 2.26. The molecular formula is C20H21N3O4S. The van der Waals surface area contributed by atoms with Gasteiger partial charge in [-0.3, -0.25) is 9.52 Å². The lowest BCUT2D eigenvalue weighted by atomic mass is 10.1. The quantitative estimate of drug-likeness (QED) is 0.725. The number of fused-ring (bicyclic) bond motifs is 1. The molecule has 0 aliphatic carbocycles. The lowest BCUT2D eigenvalue weighted by Crippen LogP contribution is -2.28. The van der Waals surface area contributed by atoms with E-state index in [0.717, 1.165) is 24.0 Å². The molecule has 3 aromatic rings. The standard InChI is InChI=1S/C20H21N3O4S/c1-13-9-14(2)11-15(10-13)22-28(25,26)16-5-6-18-17(12-16)19(21-27-18)20(24)23-7-3-4-8-23/h5-6,9-12,22H,3-4,7-8H2,1-2H3. The number of likely N-dealkylation sites (tertiary alicyclic amines) is 1. The van der Waals surface area contributed by atoms with Crippen molar-refractivity contribution in [2.45, 2.75) is 31.6 Å². The first-order valence-corrected chi connectivity index (χ1v) is 10.6. The fraction of sp³-hybridized carbons (Fsp3) is 0.300. The van der Waals surface area contributed by atoms with Crippen LogP contribution >= 0.6 is 0 Å². The van der Waals surface area contributed by atoms with E-state index >= 15 is 0 Å². The monoisotopic (exact) mass is 399 g/mol. The van der Waals surface area contributed by atoms with Crippen LogP contribution in [-0.2, 0) is 10.0 Å². The van der Waals surface area contributed by atoms with E-state index < -0.39 is 10.0 Å².